The Morgan fingerprint density at radius 2 is 2.00 bits per heavy atom. The summed E-state index contributed by atoms with van der Waals surface area (Å²) in [5.41, 5.74) is 0. The minimum Gasteiger partial charge on any atom is -0.394 e. The molecule has 0 saturated heterocycles. The van der Waals surface area contributed by atoms with E-state index in [0.717, 1.165) is 12.8 Å². The lowest BCUT2D eigenvalue weighted by atomic mass is 10.1. The van der Waals surface area contributed by atoms with Gasteiger partial charge >= 0.3 is 6.03 Å². The monoisotopic (exact) mass is 258 g/mol. The fourth-order valence-electron chi connectivity index (χ4n) is 2.12. The minimum atomic E-state index is -0.249. The average Bonchev–Trinajstić information content (AvgIpc) is 2.63. The van der Waals surface area contributed by atoms with Crippen molar-refractivity contribution in [3.05, 3.63) is 0 Å². The summed E-state index contributed by atoms with van der Waals surface area (Å²) in [5.74, 6) is 0. The summed E-state index contributed by atoms with van der Waals surface area (Å²) in [5, 5.41) is 14.1. The summed E-state index contributed by atoms with van der Waals surface area (Å²) >= 11 is 0. The highest BCUT2D eigenvalue weighted by Gasteiger charge is 2.12. The van der Waals surface area contributed by atoms with Crippen LogP contribution >= 0.6 is 0 Å². The van der Waals surface area contributed by atoms with Gasteiger partial charge in [0.25, 0.3) is 0 Å². The third-order valence-corrected chi connectivity index (χ3v) is 3.19. The fraction of sp³-hybridized carbons (Fsp3) is 0.923. The molecule has 0 radical (unpaired) electrons. The van der Waals surface area contributed by atoms with Gasteiger partial charge in [0.15, 0.2) is 0 Å². The summed E-state index contributed by atoms with van der Waals surface area (Å²) in [6, 6.07) is -0.464. The zero-order valence-corrected chi connectivity index (χ0v) is 11.3. The fourth-order valence-corrected chi connectivity index (χ4v) is 2.12. The smallest absolute Gasteiger partial charge is 0.315 e. The maximum absolute atomic E-state index is 11.3. The Morgan fingerprint density at radius 1 is 1.33 bits per heavy atom. The number of ether oxygens (including phenoxy) is 1. The highest BCUT2D eigenvalue weighted by Crippen LogP contribution is 2.19. The van der Waals surface area contributed by atoms with Crippen LogP contribution in [0.3, 0.4) is 0 Å². The summed E-state index contributed by atoms with van der Waals surface area (Å²) in [6.45, 7) is 2.78. The molecule has 5 heteroatoms. The quantitative estimate of drug-likeness (QED) is 0.498. The van der Waals surface area contributed by atoms with Crippen molar-refractivity contribution >= 4 is 6.03 Å². The number of aliphatic hydroxyl groups is 1. The molecule has 1 rings (SSSR count). The molecular weight excluding hydrogens is 232 g/mol. The Balaban J connectivity index is 2.01. The zero-order chi connectivity index (χ0) is 13.2. The van der Waals surface area contributed by atoms with Gasteiger partial charge in [-0.2, -0.15) is 0 Å². The number of carbonyl (C=O) groups excluding carboxylic acids is 1. The largest absolute Gasteiger partial charge is 0.394 e. The normalized spacial score (nSPS) is 19.0. The maximum Gasteiger partial charge on any atom is 0.315 e. The van der Waals surface area contributed by atoms with E-state index in [2.05, 4.69) is 10.6 Å². The van der Waals surface area contributed by atoms with E-state index in [1.807, 2.05) is 0 Å². The molecule has 0 bridgehead atoms. The molecule has 0 heterocycles. The van der Waals surface area contributed by atoms with Crippen molar-refractivity contribution in [3.8, 4) is 0 Å². The van der Waals surface area contributed by atoms with Gasteiger partial charge in [-0.25, -0.2) is 4.79 Å². The number of hydrogen-bond acceptors (Lipinski definition) is 3. The van der Waals surface area contributed by atoms with Crippen molar-refractivity contribution in [1.29, 1.82) is 0 Å². The van der Waals surface area contributed by atoms with Crippen LogP contribution in [0, 0.1) is 0 Å². The number of nitrogens with one attached hydrogen (secondary N) is 2. The van der Waals surface area contributed by atoms with Crippen molar-refractivity contribution in [1.82, 2.24) is 10.6 Å². The van der Waals surface area contributed by atoms with Crippen molar-refractivity contribution in [3.63, 3.8) is 0 Å². The Labute approximate surface area is 109 Å². The van der Waals surface area contributed by atoms with E-state index in [0.29, 0.717) is 19.3 Å². The second kappa shape index (κ2) is 9.16. The molecule has 1 saturated carbocycles. The van der Waals surface area contributed by atoms with Crippen LogP contribution in [-0.2, 0) is 4.74 Å². The predicted molar refractivity (Wildman–Crippen MR) is 70.5 cm³/mol. The molecule has 1 atom stereocenters. The molecule has 1 aliphatic carbocycles. The lowest BCUT2D eigenvalue weighted by Gasteiger charge is -2.16. The molecule has 1 aliphatic rings. The van der Waals surface area contributed by atoms with Crippen LogP contribution in [0.4, 0.5) is 4.79 Å². The van der Waals surface area contributed by atoms with Crippen LogP contribution in [0.15, 0.2) is 0 Å². The lowest BCUT2D eigenvalue weighted by Crippen LogP contribution is -2.43. The van der Waals surface area contributed by atoms with Gasteiger partial charge in [-0.3, -0.25) is 0 Å². The topological polar surface area (TPSA) is 70.6 Å². The lowest BCUT2D eigenvalue weighted by molar-refractivity contribution is 0.0460. The number of urea groups is 1. The summed E-state index contributed by atoms with van der Waals surface area (Å²) in [7, 11) is 0. The third kappa shape index (κ3) is 6.81. The first-order valence-corrected chi connectivity index (χ1v) is 6.99. The second-order valence-corrected chi connectivity index (χ2v) is 4.97. The average molecular weight is 258 g/mol. The highest BCUT2D eigenvalue weighted by atomic mass is 16.5. The van der Waals surface area contributed by atoms with Crippen LogP contribution in [0.2, 0.25) is 0 Å². The molecule has 0 aromatic carbocycles. The molecule has 0 spiro atoms. The van der Waals surface area contributed by atoms with E-state index in [9.17, 15) is 4.79 Å². The van der Waals surface area contributed by atoms with Crippen LogP contribution in [-0.4, -0.2) is 43.0 Å². The molecule has 18 heavy (non-hydrogen) atoms. The van der Waals surface area contributed by atoms with Crippen molar-refractivity contribution in [2.24, 2.45) is 0 Å². The summed E-state index contributed by atoms with van der Waals surface area (Å²) in [4.78, 5) is 11.3. The van der Waals surface area contributed by atoms with E-state index < -0.39 is 0 Å². The molecule has 3 N–H and O–H groups in total. The predicted octanol–water partition coefficient (Wildman–Crippen LogP) is 1.41. The molecular formula is C13H26N2O3. The number of carbonyl (C=O) groups is 1. The number of aliphatic hydroxyl groups excluding tert-OH is 1. The van der Waals surface area contributed by atoms with Gasteiger partial charge < -0.3 is 20.5 Å². The molecule has 0 aromatic heterocycles. The van der Waals surface area contributed by atoms with Gasteiger partial charge in [-0.1, -0.05) is 25.7 Å². The number of rotatable bonds is 6. The van der Waals surface area contributed by atoms with Crippen molar-refractivity contribution < 1.29 is 14.6 Å². The van der Waals surface area contributed by atoms with E-state index in [-0.39, 0.29) is 18.7 Å². The zero-order valence-electron chi connectivity index (χ0n) is 11.3. The van der Waals surface area contributed by atoms with Gasteiger partial charge in [0.05, 0.1) is 25.4 Å². The number of hydrogen-bond donors (Lipinski definition) is 3. The molecule has 1 unspecified atom stereocenters. The van der Waals surface area contributed by atoms with Gasteiger partial charge in [0.2, 0.25) is 0 Å². The first-order valence-electron chi connectivity index (χ1n) is 6.99. The van der Waals surface area contributed by atoms with E-state index in [1.165, 1.54) is 25.7 Å². The second-order valence-electron chi connectivity index (χ2n) is 4.97. The van der Waals surface area contributed by atoms with Crippen molar-refractivity contribution in [2.75, 3.05) is 19.8 Å². The maximum atomic E-state index is 11.3. The van der Waals surface area contributed by atoms with Gasteiger partial charge in [0.1, 0.15) is 0 Å². The molecule has 0 aromatic rings. The van der Waals surface area contributed by atoms with Gasteiger partial charge in [-0.05, 0) is 19.8 Å². The Morgan fingerprint density at radius 3 is 2.61 bits per heavy atom. The van der Waals surface area contributed by atoms with Crippen LogP contribution in [0.25, 0.3) is 0 Å². The number of amides is 2. The first-order chi connectivity index (χ1) is 8.72. The Hall–Kier alpha value is -0.810. The van der Waals surface area contributed by atoms with E-state index in [4.69, 9.17) is 9.84 Å². The van der Waals surface area contributed by atoms with Crippen LogP contribution in [0.1, 0.15) is 45.4 Å². The van der Waals surface area contributed by atoms with Crippen LogP contribution in [0.5, 0.6) is 0 Å². The van der Waals surface area contributed by atoms with Crippen molar-refractivity contribution in [2.45, 2.75) is 57.6 Å². The molecule has 2 amide bonds. The third-order valence-electron chi connectivity index (χ3n) is 3.19. The van der Waals surface area contributed by atoms with Gasteiger partial charge in [0, 0.05) is 6.54 Å². The molecule has 5 nitrogen and oxygen atoms in total. The van der Waals surface area contributed by atoms with Gasteiger partial charge in [-0.15, -0.1) is 0 Å². The standard InChI is InChI=1S/C13H26N2O3/c1-11(10-16)15-13(17)14-8-9-18-12-6-4-2-3-5-7-12/h11-12,16H,2-10H2,1H3,(H2,14,15,17). The van der Waals surface area contributed by atoms with E-state index >= 15 is 0 Å². The summed E-state index contributed by atoms with van der Waals surface area (Å²) < 4.78 is 5.75. The van der Waals surface area contributed by atoms with E-state index in [1.54, 1.807) is 6.92 Å². The molecule has 0 aliphatic heterocycles. The first kappa shape index (κ1) is 15.2. The van der Waals surface area contributed by atoms with Crippen LogP contribution < -0.4 is 10.6 Å². The Kier molecular flexibility index (Phi) is 7.76. The SMILES string of the molecule is CC(CO)NC(=O)NCCOC1CCCCCC1. The molecule has 106 valence electrons. The summed E-state index contributed by atoms with van der Waals surface area (Å²) in [6.07, 6.45) is 7.81. The Bertz CT molecular complexity index is 228. The molecule has 1 fully saturated rings. The highest BCUT2D eigenvalue weighted by molar-refractivity contribution is 5.74. The minimum absolute atomic E-state index is 0.0496.